The molecule has 0 bridgehead atoms. The van der Waals surface area contributed by atoms with Gasteiger partial charge in [-0.05, 0) is 30.5 Å². The second kappa shape index (κ2) is 10.9. The highest BCUT2D eigenvalue weighted by Gasteiger charge is 2.27. The van der Waals surface area contributed by atoms with Crippen LogP contribution in [0.2, 0.25) is 0 Å². The fourth-order valence-electron chi connectivity index (χ4n) is 2.27. The lowest BCUT2D eigenvalue weighted by Gasteiger charge is -2.21. The first kappa shape index (κ1) is 23.8. The summed E-state index contributed by atoms with van der Waals surface area (Å²) >= 11 is 0. The number of hydrogen-bond donors (Lipinski definition) is 5. The average molecular weight is 414 g/mol. The van der Waals surface area contributed by atoms with Gasteiger partial charge in [0.25, 0.3) is 0 Å². The minimum atomic E-state index is -4.44. The zero-order valence-corrected chi connectivity index (χ0v) is 16.4. The molecule has 154 valence electrons. The Morgan fingerprint density at radius 1 is 1.25 bits per heavy atom. The van der Waals surface area contributed by atoms with Crippen LogP contribution in [0.1, 0.15) is 32.3 Å². The molecule has 2 atom stereocenters. The van der Waals surface area contributed by atoms with Crippen molar-refractivity contribution in [3.8, 4) is 11.8 Å². The number of carboxylic acid groups (broad SMARTS) is 1. The highest BCUT2D eigenvalue weighted by atomic mass is 31.2. The van der Waals surface area contributed by atoms with Crippen molar-refractivity contribution in [3.63, 3.8) is 0 Å². The SMILES string of the molecule is CC(C)C[C@H](NC(=O)C(CC#Cc1cccc(F)c1)NCP(=O)(O)O)C(=O)O. The summed E-state index contributed by atoms with van der Waals surface area (Å²) in [7, 11) is -4.44. The highest BCUT2D eigenvalue weighted by Crippen LogP contribution is 2.32. The molecule has 0 aliphatic carbocycles. The lowest BCUT2D eigenvalue weighted by atomic mass is 10.0. The normalized spacial score (nSPS) is 13.4. The van der Waals surface area contributed by atoms with Gasteiger partial charge in [0.05, 0.1) is 12.3 Å². The molecule has 10 heteroatoms. The Bertz CT molecular complexity index is 799. The monoisotopic (exact) mass is 414 g/mol. The van der Waals surface area contributed by atoms with E-state index in [-0.39, 0.29) is 18.8 Å². The van der Waals surface area contributed by atoms with Crippen molar-refractivity contribution in [3.05, 3.63) is 35.6 Å². The van der Waals surface area contributed by atoms with Gasteiger partial charge in [0, 0.05) is 12.0 Å². The van der Waals surface area contributed by atoms with Crippen LogP contribution in [0.3, 0.4) is 0 Å². The maximum Gasteiger partial charge on any atom is 0.339 e. The topological polar surface area (TPSA) is 136 Å². The van der Waals surface area contributed by atoms with Crippen LogP contribution < -0.4 is 10.6 Å². The third-order valence-corrected chi connectivity index (χ3v) is 4.14. The Morgan fingerprint density at radius 2 is 1.93 bits per heavy atom. The summed E-state index contributed by atoms with van der Waals surface area (Å²) in [6, 6.07) is 3.21. The van der Waals surface area contributed by atoms with Crippen molar-refractivity contribution in [1.82, 2.24) is 10.6 Å². The van der Waals surface area contributed by atoms with Crippen LogP contribution in [0.4, 0.5) is 4.39 Å². The summed E-state index contributed by atoms with van der Waals surface area (Å²) in [5.41, 5.74) is 0.373. The molecule has 28 heavy (non-hydrogen) atoms. The maximum absolute atomic E-state index is 13.2. The average Bonchev–Trinajstić information content (AvgIpc) is 2.55. The van der Waals surface area contributed by atoms with E-state index in [0.29, 0.717) is 5.56 Å². The summed E-state index contributed by atoms with van der Waals surface area (Å²) in [5, 5.41) is 14.0. The van der Waals surface area contributed by atoms with Crippen LogP contribution in [0.15, 0.2) is 24.3 Å². The Hall–Kier alpha value is -2.24. The number of nitrogens with one attached hydrogen (secondary N) is 2. The first-order chi connectivity index (χ1) is 13.0. The van der Waals surface area contributed by atoms with Crippen molar-refractivity contribution < 1.29 is 33.4 Å². The predicted molar refractivity (Wildman–Crippen MR) is 101 cm³/mol. The van der Waals surface area contributed by atoms with E-state index in [2.05, 4.69) is 22.5 Å². The van der Waals surface area contributed by atoms with Crippen LogP contribution in [-0.2, 0) is 14.2 Å². The zero-order valence-electron chi connectivity index (χ0n) is 15.6. The van der Waals surface area contributed by atoms with Crippen LogP contribution >= 0.6 is 7.60 Å². The van der Waals surface area contributed by atoms with E-state index in [4.69, 9.17) is 9.79 Å². The molecule has 0 heterocycles. The minimum absolute atomic E-state index is 0.00989. The minimum Gasteiger partial charge on any atom is -0.480 e. The van der Waals surface area contributed by atoms with Crippen molar-refractivity contribution in [2.75, 3.05) is 6.29 Å². The molecule has 1 rings (SSSR count). The third kappa shape index (κ3) is 9.62. The fourth-order valence-corrected chi connectivity index (χ4v) is 2.73. The Labute approximate surface area is 162 Å². The number of halogens is 1. The van der Waals surface area contributed by atoms with Crippen LogP contribution in [0.25, 0.3) is 0 Å². The Balaban J connectivity index is 2.90. The molecular weight excluding hydrogens is 390 g/mol. The standard InChI is InChI=1S/C18H24FN2O6P/c1-12(2)9-16(18(23)24)21-17(22)15(20-11-28(25,26)27)8-4-6-13-5-3-7-14(19)10-13/h3,5,7,10,12,15-16,20H,8-9,11H2,1-2H3,(H,21,22)(H,23,24)(H2,25,26,27)/t15?,16-/m0/s1. The largest absolute Gasteiger partial charge is 0.480 e. The van der Waals surface area contributed by atoms with Gasteiger partial charge in [0.2, 0.25) is 5.91 Å². The van der Waals surface area contributed by atoms with Crippen LogP contribution in [-0.4, -0.2) is 45.1 Å². The summed E-state index contributed by atoms with van der Waals surface area (Å²) in [4.78, 5) is 41.8. The first-order valence-electron chi connectivity index (χ1n) is 8.53. The predicted octanol–water partition coefficient (Wildman–Crippen LogP) is 1.28. The van der Waals surface area contributed by atoms with Crippen molar-refractivity contribution in [2.45, 2.75) is 38.8 Å². The molecule has 0 aliphatic heterocycles. The van der Waals surface area contributed by atoms with Crippen LogP contribution in [0.5, 0.6) is 0 Å². The number of carbonyl (C=O) groups excluding carboxylic acids is 1. The van der Waals surface area contributed by atoms with Gasteiger partial charge in [-0.2, -0.15) is 0 Å². The molecule has 0 spiro atoms. The summed E-state index contributed by atoms with van der Waals surface area (Å²) in [6.07, 6.45) is -0.730. The van der Waals surface area contributed by atoms with E-state index in [1.807, 2.05) is 0 Å². The maximum atomic E-state index is 13.2. The second-order valence-corrected chi connectivity index (χ2v) is 8.27. The molecule has 0 radical (unpaired) electrons. The van der Waals surface area contributed by atoms with Crippen LogP contribution in [0, 0.1) is 23.6 Å². The summed E-state index contributed by atoms with van der Waals surface area (Å²) < 4.78 is 24.3. The molecule has 0 aromatic heterocycles. The summed E-state index contributed by atoms with van der Waals surface area (Å²) in [5.74, 6) is 2.89. The molecule has 1 amide bonds. The quantitative estimate of drug-likeness (QED) is 0.303. The first-order valence-corrected chi connectivity index (χ1v) is 10.3. The number of hydrogen-bond acceptors (Lipinski definition) is 4. The fraction of sp³-hybridized carbons (Fsp3) is 0.444. The number of aliphatic carboxylic acids is 1. The number of benzene rings is 1. The Morgan fingerprint density at radius 3 is 2.46 bits per heavy atom. The van der Waals surface area contributed by atoms with E-state index < -0.39 is 43.7 Å². The molecule has 0 fully saturated rings. The van der Waals surface area contributed by atoms with Crippen molar-refractivity contribution in [2.24, 2.45) is 5.92 Å². The molecule has 1 unspecified atom stereocenters. The molecule has 0 aliphatic rings. The van der Waals surface area contributed by atoms with Gasteiger partial charge in [0.15, 0.2) is 0 Å². The van der Waals surface area contributed by atoms with Gasteiger partial charge in [0.1, 0.15) is 11.9 Å². The van der Waals surface area contributed by atoms with E-state index >= 15 is 0 Å². The molecule has 0 saturated heterocycles. The number of carbonyl (C=O) groups is 2. The van der Waals surface area contributed by atoms with Gasteiger partial charge < -0.3 is 20.2 Å². The van der Waals surface area contributed by atoms with E-state index in [1.54, 1.807) is 19.9 Å². The second-order valence-electron chi connectivity index (χ2n) is 6.62. The van der Waals surface area contributed by atoms with E-state index in [0.717, 1.165) is 0 Å². The van der Waals surface area contributed by atoms with Gasteiger partial charge in [-0.25, -0.2) is 9.18 Å². The summed E-state index contributed by atoms with van der Waals surface area (Å²) in [6.45, 7) is 3.60. The molecule has 5 N–H and O–H groups in total. The highest BCUT2D eigenvalue weighted by molar-refractivity contribution is 7.51. The number of amides is 1. The zero-order chi connectivity index (χ0) is 21.3. The molecule has 1 aromatic rings. The van der Waals surface area contributed by atoms with E-state index in [1.165, 1.54) is 18.2 Å². The number of carboxylic acids is 1. The van der Waals surface area contributed by atoms with E-state index in [9.17, 15) is 23.7 Å². The lowest BCUT2D eigenvalue weighted by Crippen LogP contribution is -2.50. The van der Waals surface area contributed by atoms with Crippen molar-refractivity contribution in [1.29, 1.82) is 0 Å². The van der Waals surface area contributed by atoms with Gasteiger partial charge in [-0.15, -0.1) is 0 Å². The molecule has 1 aromatic carbocycles. The molecule has 8 nitrogen and oxygen atoms in total. The van der Waals surface area contributed by atoms with Gasteiger partial charge in [-0.3, -0.25) is 14.7 Å². The molecule has 0 saturated carbocycles. The van der Waals surface area contributed by atoms with Gasteiger partial charge >= 0.3 is 13.6 Å². The molecular formula is C18H24FN2O6P. The smallest absolute Gasteiger partial charge is 0.339 e. The number of rotatable bonds is 9. The van der Waals surface area contributed by atoms with Crippen molar-refractivity contribution >= 4 is 19.5 Å². The Kier molecular flexibility index (Phi) is 9.29. The van der Waals surface area contributed by atoms with Gasteiger partial charge in [-0.1, -0.05) is 31.8 Å². The lowest BCUT2D eigenvalue weighted by molar-refractivity contribution is -0.142. The third-order valence-electron chi connectivity index (χ3n) is 3.55.